The molecule has 0 aliphatic heterocycles. The number of halogens is 1. The van der Waals surface area contributed by atoms with Gasteiger partial charge in [-0.05, 0) is 43.1 Å². The average Bonchev–Trinajstić information content (AvgIpc) is 2.26. The van der Waals surface area contributed by atoms with Crippen LogP contribution in [0.15, 0.2) is 24.3 Å². The summed E-state index contributed by atoms with van der Waals surface area (Å²) in [6.45, 7) is 6.66. The van der Waals surface area contributed by atoms with Crippen LogP contribution in [0.2, 0.25) is 5.02 Å². The first-order chi connectivity index (χ1) is 7.22. The Labute approximate surface area is 97.8 Å². The highest BCUT2D eigenvalue weighted by atomic mass is 35.5. The minimum atomic E-state index is 0.773. The molecule has 0 saturated heterocycles. The molecule has 0 saturated carbocycles. The second-order valence-corrected chi connectivity index (χ2v) is 4.53. The molecule has 15 heavy (non-hydrogen) atoms. The fourth-order valence-electron chi connectivity index (χ4n) is 1.38. The Bertz CT molecular complexity index is 268. The van der Waals surface area contributed by atoms with Crippen molar-refractivity contribution >= 4 is 11.6 Å². The molecule has 2 heteroatoms. The van der Waals surface area contributed by atoms with Crippen LogP contribution in [0.5, 0.6) is 0 Å². The molecule has 0 radical (unpaired) electrons. The van der Waals surface area contributed by atoms with Gasteiger partial charge in [0.25, 0.3) is 0 Å². The quantitative estimate of drug-likeness (QED) is 0.731. The summed E-state index contributed by atoms with van der Waals surface area (Å²) in [6.07, 6.45) is 2.32. The lowest BCUT2D eigenvalue weighted by atomic mass is 10.1. The van der Waals surface area contributed by atoms with Gasteiger partial charge in [-0.3, -0.25) is 0 Å². The SMILES string of the molecule is CC[C@H](C)CNCCc1ccc(Cl)cc1. The monoisotopic (exact) mass is 225 g/mol. The van der Waals surface area contributed by atoms with E-state index >= 15 is 0 Å². The van der Waals surface area contributed by atoms with Crippen LogP contribution in [0.25, 0.3) is 0 Å². The van der Waals surface area contributed by atoms with Gasteiger partial charge in [-0.2, -0.15) is 0 Å². The van der Waals surface area contributed by atoms with Gasteiger partial charge in [0.15, 0.2) is 0 Å². The van der Waals surface area contributed by atoms with E-state index in [9.17, 15) is 0 Å². The van der Waals surface area contributed by atoms with Crippen molar-refractivity contribution in [3.8, 4) is 0 Å². The maximum Gasteiger partial charge on any atom is 0.0406 e. The third-order valence-electron chi connectivity index (χ3n) is 2.69. The van der Waals surface area contributed by atoms with E-state index in [2.05, 4.69) is 31.3 Å². The van der Waals surface area contributed by atoms with Gasteiger partial charge in [0.05, 0.1) is 0 Å². The second-order valence-electron chi connectivity index (χ2n) is 4.09. The molecular formula is C13H20ClN. The molecule has 1 atom stereocenters. The molecule has 0 spiro atoms. The summed E-state index contributed by atoms with van der Waals surface area (Å²) in [5, 5.41) is 4.28. The summed E-state index contributed by atoms with van der Waals surface area (Å²) >= 11 is 5.82. The molecule has 0 amide bonds. The molecule has 0 bridgehead atoms. The van der Waals surface area contributed by atoms with Gasteiger partial charge < -0.3 is 5.32 Å². The maximum absolute atomic E-state index is 5.82. The van der Waals surface area contributed by atoms with E-state index in [-0.39, 0.29) is 0 Å². The van der Waals surface area contributed by atoms with E-state index in [1.165, 1.54) is 12.0 Å². The molecule has 0 aromatic heterocycles. The fourth-order valence-corrected chi connectivity index (χ4v) is 1.50. The molecule has 0 fully saturated rings. The van der Waals surface area contributed by atoms with E-state index in [1.807, 2.05) is 12.1 Å². The van der Waals surface area contributed by atoms with Crippen molar-refractivity contribution in [2.45, 2.75) is 26.7 Å². The van der Waals surface area contributed by atoms with Crippen molar-refractivity contribution in [1.82, 2.24) is 5.32 Å². The summed E-state index contributed by atoms with van der Waals surface area (Å²) in [6, 6.07) is 8.08. The lowest BCUT2D eigenvalue weighted by Gasteiger charge is -2.09. The summed E-state index contributed by atoms with van der Waals surface area (Å²) in [5.74, 6) is 0.773. The molecule has 0 heterocycles. The zero-order valence-electron chi connectivity index (χ0n) is 9.59. The first-order valence-corrected chi connectivity index (χ1v) is 6.05. The molecule has 0 aliphatic rings. The predicted octanol–water partition coefficient (Wildman–Crippen LogP) is 3.52. The van der Waals surface area contributed by atoms with Gasteiger partial charge >= 0.3 is 0 Å². The van der Waals surface area contributed by atoms with Crippen LogP contribution in [0.4, 0.5) is 0 Å². The number of rotatable bonds is 6. The topological polar surface area (TPSA) is 12.0 Å². The number of hydrogen-bond acceptors (Lipinski definition) is 1. The Morgan fingerprint density at radius 2 is 1.93 bits per heavy atom. The molecule has 1 rings (SSSR count). The highest BCUT2D eigenvalue weighted by Crippen LogP contribution is 2.09. The van der Waals surface area contributed by atoms with E-state index < -0.39 is 0 Å². The third kappa shape index (κ3) is 5.19. The maximum atomic E-state index is 5.82. The lowest BCUT2D eigenvalue weighted by molar-refractivity contribution is 0.502. The van der Waals surface area contributed by atoms with Crippen LogP contribution in [0.1, 0.15) is 25.8 Å². The summed E-state index contributed by atoms with van der Waals surface area (Å²) in [4.78, 5) is 0. The van der Waals surface area contributed by atoms with Crippen LogP contribution >= 0.6 is 11.6 Å². The Morgan fingerprint density at radius 1 is 1.27 bits per heavy atom. The molecule has 0 unspecified atom stereocenters. The van der Waals surface area contributed by atoms with Gasteiger partial charge in [-0.1, -0.05) is 44.0 Å². The number of hydrogen-bond donors (Lipinski definition) is 1. The van der Waals surface area contributed by atoms with Gasteiger partial charge in [0.2, 0.25) is 0 Å². The molecule has 0 aliphatic carbocycles. The van der Waals surface area contributed by atoms with E-state index in [0.717, 1.165) is 30.5 Å². The van der Waals surface area contributed by atoms with Crippen molar-refractivity contribution in [3.05, 3.63) is 34.9 Å². The van der Waals surface area contributed by atoms with E-state index in [4.69, 9.17) is 11.6 Å². The van der Waals surface area contributed by atoms with Crippen LogP contribution in [-0.4, -0.2) is 13.1 Å². The molecule has 84 valence electrons. The Morgan fingerprint density at radius 3 is 2.53 bits per heavy atom. The van der Waals surface area contributed by atoms with Crippen LogP contribution in [-0.2, 0) is 6.42 Å². The van der Waals surface area contributed by atoms with Crippen molar-refractivity contribution in [1.29, 1.82) is 0 Å². The average molecular weight is 226 g/mol. The van der Waals surface area contributed by atoms with Gasteiger partial charge in [-0.25, -0.2) is 0 Å². The van der Waals surface area contributed by atoms with Crippen LogP contribution in [0, 0.1) is 5.92 Å². The highest BCUT2D eigenvalue weighted by molar-refractivity contribution is 6.30. The first-order valence-electron chi connectivity index (χ1n) is 5.67. The smallest absolute Gasteiger partial charge is 0.0406 e. The first kappa shape index (κ1) is 12.5. The predicted molar refractivity (Wildman–Crippen MR) is 67.5 cm³/mol. The van der Waals surface area contributed by atoms with Crippen LogP contribution in [0.3, 0.4) is 0 Å². The van der Waals surface area contributed by atoms with Crippen molar-refractivity contribution in [2.24, 2.45) is 5.92 Å². The Balaban J connectivity index is 2.17. The normalized spacial score (nSPS) is 12.7. The molecule has 1 nitrogen and oxygen atoms in total. The number of benzene rings is 1. The van der Waals surface area contributed by atoms with Crippen molar-refractivity contribution < 1.29 is 0 Å². The third-order valence-corrected chi connectivity index (χ3v) is 2.95. The zero-order valence-corrected chi connectivity index (χ0v) is 10.3. The fraction of sp³-hybridized carbons (Fsp3) is 0.538. The van der Waals surface area contributed by atoms with Gasteiger partial charge in [0, 0.05) is 5.02 Å². The summed E-state index contributed by atoms with van der Waals surface area (Å²) in [5.41, 5.74) is 1.34. The minimum absolute atomic E-state index is 0.773. The van der Waals surface area contributed by atoms with E-state index in [1.54, 1.807) is 0 Å². The largest absolute Gasteiger partial charge is 0.316 e. The van der Waals surface area contributed by atoms with Crippen LogP contribution < -0.4 is 5.32 Å². The Hall–Kier alpha value is -0.530. The van der Waals surface area contributed by atoms with E-state index in [0.29, 0.717) is 0 Å². The summed E-state index contributed by atoms with van der Waals surface area (Å²) in [7, 11) is 0. The van der Waals surface area contributed by atoms with Gasteiger partial charge in [0.1, 0.15) is 0 Å². The van der Waals surface area contributed by atoms with Gasteiger partial charge in [-0.15, -0.1) is 0 Å². The zero-order chi connectivity index (χ0) is 11.1. The van der Waals surface area contributed by atoms with Crippen molar-refractivity contribution in [2.75, 3.05) is 13.1 Å². The standard InChI is InChI=1S/C13H20ClN/c1-3-11(2)10-15-9-8-12-4-6-13(14)7-5-12/h4-7,11,15H,3,8-10H2,1-2H3/t11-/m0/s1. The second kappa shape index (κ2) is 6.86. The molecular weight excluding hydrogens is 206 g/mol. The molecule has 1 N–H and O–H groups in total. The summed E-state index contributed by atoms with van der Waals surface area (Å²) < 4.78 is 0. The highest BCUT2D eigenvalue weighted by Gasteiger charge is 1.97. The lowest BCUT2D eigenvalue weighted by Crippen LogP contribution is -2.23. The molecule has 1 aromatic carbocycles. The minimum Gasteiger partial charge on any atom is -0.316 e. The number of nitrogens with one attached hydrogen (secondary N) is 1. The Kier molecular flexibility index (Phi) is 5.74. The molecule has 1 aromatic rings. The van der Waals surface area contributed by atoms with Crippen molar-refractivity contribution in [3.63, 3.8) is 0 Å².